The van der Waals surface area contributed by atoms with Crippen LogP contribution in [0, 0.1) is 0 Å². The van der Waals surface area contributed by atoms with Crippen molar-refractivity contribution in [3.05, 3.63) is 38.8 Å². The van der Waals surface area contributed by atoms with Crippen LogP contribution >= 0.6 is 34.8 Å². The molecule has 0 aromatic heterocycles. The SMILES string of the molecule is O=C/C=C/c1c(Cl)cc(Cl)cc1Cl. The van der Waals surface area contributed by atoms with Crippen LogP contribution in [0.15, 0.2) is 18.2 Å². The number of aldehydes is 1. The predicted molar refractivity (Wildman–Crippen MR) is 56.6 cm³/mol. The number of hydrogen-bond acceptors (Lipinski definition) is 1. The summed E-state index contributed by atoms with van der Waals surface area (Å²) in [6, 6.07) is 3.14. The topological polar surface area (TPSA) is 17.1 Å². The lowest BCUT2D eigenvalue weighted by Crippen LogP contribution is -1.78. The van der Waals surface area contributed by atoms with Gasteiger partial charge in [0.15, 0.2) is 0 Å². The van der Waals surface area contributed by atoms with Gasteiger partial charge in [-0.3, -0.25) is 4.79 Å². The number of halogens is 3. The molecular weight excluding hydrogens is 230 g/mol. The Morgan fingerprint density at radius 2 is 1.62 bits per heavy atom. The van der Waals surface area contributed by atoms with Crippen LogP contribution < -0.4 is 0 Å². The summed E-state index contributed by atoms with van der Waals surface area (Å²) in [5, 5.41) is 1.32. The number of allylic oxidation sites excluding steroid dienone is 1. The van der Waals surface area contributed by atoms with Crippen LogP contribution in [0.3, 0.4) is 0 Å². The van der Waals surface area contributed by atoms with Crippen molar-refractivity contribution in [2.45, 2.75) is 0 Å². The first-order valence-electron chi connectivity index (χ1n) is 3.41. The van der Waals surface area contributed by atoms with E-state index in [2.05, 4.69) is 0 Å². The molecule has 0 saturated heterocycles. The summed E-state index contributed by atoms with van der Waals surface area (Å²) < 4.78 is 0. The van der Waals surface area contributed by atoms with Gasteiger partial charge in [0.1, 0.15) is 6.29 Å². The van der Waals surface area contributed by atoms with Gasteiger partial charge >= 0.3 is 0 Å². The Morgan fingerprint density at radius 1 is 1.08 bits per heavy atom. The molecule has 0 N–H and O–H groups in total. The molecule has 4 heteroatoms. The van der Waals surface area contributed by atoms with Crippen LogP contribution in [0.5, 0.6) is 0 Å². The first-order valence-corrected chi connectivity index (χ1v) is 4.55. The van der Waals surface area contributed by atoms with E-state index >= 15 is 0 Å². The largest absolute Gasteiger partial charge is 0.299 e. The predicted octanol–water partition coefficient (Wildman–Crippen LogP) is 3.86. The molecule has 0 spiro atoms. The molecule has 0 bridgehead atoms. The first-order chi connectivity index (χ1) is 6.15. The molecule has 13 heavy (non-hydrogen) atoms. The van der Waals surface area contributed by atoms with Crippen molar-refractivity contribution in [2.75, 3.05) is 0 Å². The number of rotatable bonds is 2. The summed E-state index contributed by atoms with van der Waals surface area (Å²) in [5.74, 6) is 0. The minimum absolute atomic E-state index is 0.426. The molecule has 0 amide bonds. The Hall–Kier alpha value is -0.500. The van der Waals surface area contributed by atoms with Gasteiger partial charge in [-0.2, -0.15) is 0 Å². The molecule has 0 atom stereocenters. The number of carbonyl (C=O) groups excluding carboxylic acids is 1. The molecule has 1 aromatic rings. The molecule has 0 heterocycles. The molecule has 1 aromatic carbocycles. The van der Waals surface area contributed by atoms with E-state index in [0.717, 1.165) is 0 Å². The van der Waals surface area contributed by atoms with Crippen molar-refractivity contribution in [3.63, 3.8) is 0 Å². The summed E-state index contributed by atoms with van der Waals surface area (Å²) in [6.45, 7) is 0. The molecule has 68 valence electrons. The minimum atomic E-state index is 0.426. The van der Waals surface area contributed by atoms with Crippen LogP contribution in [0.1, 0.15) is 5.56 Å². The quantitative estimate of drug-likeness (QED) is 0.562. The van der Waals surface area contributed by atoms with Gasteiger partial charge in [0.25, 0.3) is 0 Å². The molecule has 0 radical (unpaired) electrons. The lowest BCUT2D eigenvalue weighted by Gasteiger charge is -2.01. The third-order valence-corrected chi connectivity index (χ3v) is 2.23. The average molecular weight is 235 g/mol. The molecule has 1 nitrogen and oxygen atoms in total. The highest BCUT2D eigenvalue weighted by Gasteiger charge is 2.03. The van der Waals surface area contributed by atoms with Gasteiger partial charge in [0, 0.05) is 10.6 Å². The monoisotopic (exact) mass is 234 g/mol. The van der Waals surface area contributed by atoms with Crippen molar-refractivity contribution in [2.24, 2.45) is 0 Å². The molecule has 1 rings (SSSR count). The van der Waals surface area contributed by atoms with E-state index in [1.807, 2.05) is 0 Å². The Balaban J connectivity index is 3.20. The Morgan fingerprint density at radius 3 is 2.08 bits per heavy atom. The number of benzene rings is 1. The van der Waals surface area contributed by atoms with Crippen LogP contribution in [0.2, 0.25) is 15.1 Å². The minimum Gasteiger partial charge on any atom is -0.299 e. The van der Waals surface area contributed by atoms with Crippen molar-refractivity contribution in [1.82, 2.24) is 0 Å². The Labute approximate surface area is 90.9 Å². The van der Waals surface area contributed by atoms with E-state index in [1.165, 1.54) is 12.2 Å². The van der Waals surface area contributed by atoms with E-state index in [4.69, 9.17) is 34.8 Å². The normalized spacial score (nSPS) is 10.7. The lowest BCUT2D eigenvalue weighted by molar-refractivity contribution is -0.104. The molecule has 0 saturated carbocycles. The highest BCUT2D eigenvalue weighted by molar-refractivity contribution is 6.40. The fraction of sp³-hybridized carbons (Fsp3) is 0. The maximum atomic E-state index is 10.1. The number of carbonyl (C=O) groups is 1. The average Bonchev–Trinajstić information content (AvgIpc) is 2.02. The lowest BCUT2D eigenvalue weighted by atomic mass is 10.2. The van der Waals surface area contributed by atoms with E-state index in [0.29, 0.717) is 26.9 Å². The van der Waals surface area contributed by atoms with Crippen LogP contribution in [-0.4, -0.2) is 6.29 Å². The van der Waals surface area contributed by atoms with E-state index < -0.39 is 0 Å². The molecule has 0 fully saturated rings. The van der Waals surface area contributed by atoms with Gasteiger partial charge in [0.2, 0.25) is 0 Å². The fourth-order valence-electron chi connectivity index (χ4n) is 0.848. The van der Waals surface area contributed by atoms with Crippen LogP contribution in [0.4, 0.5) is 0 Å². The standard InChI is InChI=1S/C9H5Cl3O/c10-6-4-8(11)7(2-1-3-13)9(12)5-6/h1-5H/b2-1+. The molecule has 0 unspecified atom stereocenters. The highest BCUT2D eigenvalue weighted by Crippen LogP contribution is 2.29. The zero-order valence-electron chi connectivity index (χ0n) is 6.43. The van der Waals surface area contributed by atoms with E-state index in [-0.39, 0.29) is 0 Å². The summed E-state index contributed by atoms with van der Waals surface area (Å²) in [4.78, 5) is 10.1. The molecule has 0 aliphatic rings. The summed E-state index contributed by atoms with van der Waals surface area (Å²) in [5.41, 5.74) is 0.597. The third kappa shape index (κ3) is 2.73. The zero-order valence-corrected chi connectivity index (χ0v) is 8.70. The van der Waals surface area contributed by atoms with E-state index in [9.17, 15) is 4.79 Å². The van der Waals surface area contributed by atoms with Gasteiger partial charge < -0.3 is 0 Å². The molecule has 0 aliphatic heterocycles. The Bertz CT molecular complexity index is 335. The second-order valence-corrected chi connectivity index (χ2v) is 3.53. The van der Waals surface area contributed by atoms with Gasteiger partial charge in [-0.1, -0.05) is 34.8 Å². The summed E-state index contributed by atoms with van der Waals surface area (Å²) in [7, 11) is 0. The first kappa shape index (κ1) is 10.6. The number of hydrogen-bond donors (Lipinski definition) is 0. The van der Waals surface area contributed by atoms with Crippen molar-refractivity contribution in [1.29, 1.82) is 0 Å². The van der Waals surface area contributed by atoms with Gasteiger partial charge in [-0.05, 0) is 24.3 Å². The smallest absolute Gasteiger partial charge is 0.142 e. The van der Waals surface area contributed by atoms with Gasteiger partial charge in [0.05, 0.1) is 10.0 Å². The second-order valence-electron chi connectivity index (χ2n) is 2.28. The molecular formula is C9H5Cl3O. The van der Waals surface area contributed by atoms with Gasteiger partial charge in [-0.15, -0.1) is 0 Å². The fourth-order valence-corrected chi connectivity index (χ4v) is 1.79. The summed E-state index contributed by atoms with van der Waals surface area (Å²) in [6.07, 6.45) is 3.51. The summed E-state index contributed by atoms with van der Waals surface area (Å²) >= 11 is 17.4. The van der Waals surface area contributed by atoms with Crippen LogP contribution in [0.25, 0.3) is 6.08 Å². The zero-order chi connectivity index (χ0) is 9.84. The maximum Gasteiger partial charge on any atom is 0.142 e. The Kier molecular flexibility index (Phi) is 3.79. The van der Waals surface area contributed by atoms with Crippen molar-refractivity contribution >= 4 is 47.2 Å². The van der Waals surface area contributed by atoms with E-state index in [1.54, 1.807) is 12.1 Å². The molecule has 0 aliphatic carbocycles. The third-order valence-electron chi connectivity index (χ3n) is 1.39. The highest BCUT2D eigenvalue weighted by atomic mass is 35.5. The second kappa shape index (κ2) is 4.66. The van der Waals surface area contributed by atoms with Crippen molar-refractivity contribution < 1.29 is 4.79 Å². The van der Waals surface area contributed by atoms with Crippen LogP contribution in [-0.2, 0) is 4.79 Å². The van der Waals surface area contributed by atoms with Crippen molar-refractivity contribution in [3.8, 4) is 0 Å². The maximum absolute atomic E-state index is 10.1. The van der Waals surface area contributed by atoms with Gasteiger partial charge in [-0.25, -0.2) is 0 Å².